The van der Waals surface area contributed by atoms with Crippen LogP contribution in [0, 0.1) is 5.92 Å². The molecule has 2 N–H and O–H groups in total. The van der Waals surface area contributed by atoms with Crippen LogP contribution in [0.5, 0.6) is 0 Å². The van der Waals surface area contributed by atoms with Crippen LogP contribution < -0.4 is 0 Å². The van der Waals surface area contributed by atoms with Crippen molar-refractivity contribution in [2.75, 3.05) is 13.1 Å². The number of likely N-dealkylation sites (tertiary alicyclic amines) is 1. The Bertz CT molecular complexity index is 1140. The van der Waals surface area contributed by atoms with Gasteiger partial charge in [0.1, 0.15) is 0 Å². The highest BCUT2D eigenvalue weighted by Gasteiger charge is 2.41. The first-order valence-corrected chi connectivity index (χ1v) is 11.1. The number of aliphatic hydroxyl groups is 1. The number of aliphatic hydroxyl groups excluding tert-OH is 1. The Morgan fingerprint density at radius 2 is 1.39 bits per heavy atom. The molecule has 156 valence electrons. The van der Waals surface area contributed by atoms with Gasteiger partial charge >= 0.3 is 5.97 Å². The van der Waals surface area contributed by atoms with Crippen molar-refractivity contribution < 1.29 is 15.0 Å². The highest BCUT2D eigenvalue weighted by atomic mass is 16.4. The molecule has 1 fully saturated rings. The van der Waals surface area contributed by atoms with E-state index in [2.05, 4.69) is 71.6 Å². The average Bonchev–Trinajstić information content (AvgIpc) is 2.78. The lowest BCUT2D eigenvalue weighted by Gasteiger charge is -2.42. The van der Waals surface area contributed by atoms with Crippen LogP contribution in [-0.4, -0.2) is 40.3 Å². The van der Waals surface area contributed by atoms with Crippen LogP contribution in [0.25, 0.3) is 0 Å². The third kappa shape index (κ3) is 2.86. The molecule has 0 aromatic heterocycles. The smallest absolute Gasteiger partial charge is 0.309 e. The van der Waals surface area contributed by atoms with Crippen molar-refractivity contribution in [3.63, 3.8) is 0 Å². The van der Waals surface area contributed by atoms with Crippen LogP contribution >= 0.6 is 0 Å². The van der Waals surface area contributed by atoms with Gasteiger partial charge in [0, 0.05) is 24.9 Å². The van der Waals surface area contributed by atoms with Gasteiger partial charge in [0.05, 0.1) is 12.0 Å². The Hall–Kier alpha value is -2.95. The zero-order valence-electron chi connectivity index (χ0n) is 17.2. The van der Waals surface area contributed by atoms with E-state index in [4.69, 9.17) is 0 Å². The van der Waals surface area contributed by atoms with E-state index in [1.54, 1.807) is 0 Å². The fourth-order valence-electron chi connectivity index (χ4n) is 6.00. The first-order chi connectivity index (χ1) is 15.1. The summed E-state index contributed by atoms with van der Waals surface area (Å²) in [5.41, 5.74) is 9.68. The number of hydrogen-bond donors (Lipinski definition) is 2. The molecule has 3 aromatic carbocycles. The molecule has 3 aliphatic carbocycles. The van der Waals surface area contributed by atoms with Gasteiger partial charge in [0.25, 0.3) is 0 Å². The molecule has 4 nitrogen and oxygen atoms in total. The Labute approximate surface area is 181 Å². The molecule has 7 rings (SSSR count). The number of aliphatic carboxylic acids is 1. The van der Waals surface area contributed by atoms with Gasteiger partial charge in [0.15, 0.2) is 0 Å². The summed E-state index contributed by atoms with van der Waals surface area (Å²) in [7, 11) is 0. The van der Waals surface area contributed by atoms with Gasteiger partial charge in [0.2, 0.25) is 0 Å². The molecule has 0 unspecified atom stereocenters. The first kappa shape index (κ1) is 18.8. The van der Waals surface area contributed by atoms with Gasteiger partial charge in [-0.2, -0.15) is 0 Å². The lowest BCUT2D eigenvalue weighted by Crippen LogP contribution is -2.46. The largest absolute Gasteiger partial charge is 0.481 e. The molecule has 0 spiro atoms. The summed E-state index contributed by atoms with van der Waals surface area (Å²) in [4.78, 5) is 13.5. The number of β-amino-alcohol motifs (C(OH)–C–C–N with tert-alkyl or cyclic N) is 1. The minimum Gasteiger partial charge on any atom is -0.481 e. The number of carbonyl (C=O) groups is 1. The average molecular weight is 412 g/mol. The van der Waals surface area contributed by atoms with Crippen LogP contribution in [0.3, 0.4) is 0 Å². The molecule has 1 saturated heterocycles. The minimum atomic E-state index is -0.894. The Kier molecular flexibility index (Phi) is 4.27. The highest BCUT2D eigenvalue weighted by Crippen LogP contribution is 2.55. The summed E-state index contributed by atoms with van der Waals surface area (Å²) in [6, 6.07) is 24.5. The third-order valence-electron chi connectivity index (χ3n) is 7.40. The minimum absolute atomic E-state index is 0.260. The normalized spacial score (nSPS) is 26.1. The Morgan fingerprint density at radius 3 is 1.94 bits per heavy atom. The van der Waals surface area contributed by atoms with Gasteiger partial charge in [-0.25, -0.2) is 0 Å². The van der Waals surface area contributed by atoms with E-state index in [0.29, 0.717) is 19.5 Å². The van der Waals surface area contributed by atoms with Gasteiger partial charge < -0.3 is 10.2 Å². The number of hydrogen-bond acceptors (Lipinski definition) is 3. The van der Waals surface area contributed by atoms with Crippen LogP contribution in [0.15, 0.2) is 66.7 Å². The molecule has 0 saturated carbocycles. The molecule has 4 aliphatic rings. The van der Waals surface area contributed by atoms with Crippen molar-refractivity contribution >= 4 is 5.97 Å². The predicted molar refractivity (Wildman–Crippen MR) is 118 cm³/mol. The number of piperidine rings is 1. The number of carboxylic acid groups (broad SMARTS) is 1. The highest BCUT2D eigenvalue weighted by molar-refractivity contribution is 5.71. The van der Waals surface area contributed by atoms with E-state index in [0.717, 1.165) is 6.54 Å². The molecule has 0 radical (unpaired) electrons. The molecule has 2 bridgehead atoms. The number of benzene rings is 3. The molecule has 1 aliphatic heterocycles. The van der Waals surface area contributed by atoms with E-state index in [-0.39, 0.29) is 11.8 Å². The van der Waals surface area contributed by atoms with E-state index in [9.17, 15) is 15.0 Å². The van der Waals surface area contributed by atoms with Crippen LogP contribution in [0.1, 0.15) is 57.2 Å². The van der Waals surface area contributed by atoms with E-state index >= 15 is 0 Å². The van der Waals surface area contributed by atoms with Gasteiger partial charge in [-0.1, -0.05) is 66.7 Å². The maximum Gasteiger partial charge on any atom is 0.309 e. The molecule has 4 heteroatoms. The second kappa shape index (κ2) is 7.04. The van der Waals surface area contributed by atoms with Crippen molar-refractivity contribution in [2.24, 2.45) is 5.92 Å². The fraction of sp³-hybridized carbons (Fsp3) is 0.296. The summed E-state index contributed by atoms with van der Waals surface area (Å²) in [5, 5.41) is 19.5. The number of nitrogens with zero attached hydrogens (tertiary/aromatic N) is 1. The summed E-state index contributed by atoms with van der Waals surface area (Å²) in [6.45, 7) is 1.84. The summed E-state index contributed by atoms with van der Waals surface area (Å²) in [5.74, 6) is -0.997. The summed E-state index contributed by atoms with van der Waals surface area (Å²) < 4.78 is 0. The van der Waals surface area contributed by atoms with Crippen molar-refractivity contribution in [1.29, 1.82) is 0 Å². The maximum absolute atomic E-state index is 11.3. The van der Waals surface area contributed by atoms with Gasteiger partial charge in [-0.05, 0) is 51.9 Å². The molecule has 0 amide bonds. The van der Waals surface area contributed by atoms with Gasteiger partial charge in [-0.3, -0.25) is 9.69 Å². The number of carboxylic acids is 1. The van der Waals surface area contributed by atoms with E-state index < -0.39 is 18.0 Å². The lowest BCUT2D eigenvalue weighted by molar-refractivity contribution is -0.148. The van der Waals surface area contributed by atoms with Crippen molar-refractivity contribution in [3.05, 3.63) is 106 Å². The molecule has 1 heterocycles. The molecule has 2 atom stereocenters. The maximum atomic E-state index is 11.3. The second-order valence-electron chi connectivity index (χ2n) is 9.12. The molecule has 3 aromatic rings. The van der Waals surface area contributed by atoms with E-state index in [1.807, 2.05) is 0 Å². The van der Waals surface area contributed by atoms with Gasteiger partial charge in [-0.15, -0.1) is 0 Å². The first-order valence-electron chi connectivity index (χ1n) is 11.1. The SMILES string of the molecule is O=C(O)[C@H]1CCN(Cc2ccc3c(c2)C2c4ccccc4C3c3ccccc32)C[C@H]1O. The van der Waals surface area contributed by atoms with Crippen molar-refractivity contribution in [3.8, 4) is 0 Å². The molecular formula is C27H25NO3. The Morgan fingerprint density at radius 1 is 0.839 bits per heavy atom. The van der Waals surface area contributed by atoms with Crippen molar-refractivity contribution in [1.82, 2.24) is 4.90 Å². The van der Waals surface area contributed by atoms with E-state index in [1.165, 1.54) is 38.9 Å². The zero-order chi connectivity index (χ0) is 21.1. The van der Waals surface area contributed by atoms with Crippen LogP contribution in [0.4, 0.5) is 0 Å². The molecule has 31 heavy (non-hydrogen) atoms. The Balaban J connectivity index is 1.34. The third-order valence-corrected chi connectivity index (χ3v) is 7.40. The zero-order valence-corrected chi connectivity index (χ0v) is 17.2. The predicted octanol–water partition coefficient (Wildman–Crippen LogP) is 3.94. The standard InChI is InChI=1S/C27H25NO3/c29-24-15-28(12-11-22(24)27(30)31)14-16-9-10-21-23(13-16)26-19-7-3-1-5-17(19)25(21)18-6-2-4-8-20(18)26/h1-10,13,22,24-26,29H,11-12,14-15H2,(H,30,31)/t22-,24+,25?,26?/m0/s1. The monoisotopic (exact) mass is 411 g/mol. The van der Waals surface area contributed by atoms with Crippen LogP contribution in [-0.2, 0) is 11.3 Å². The summed E-state index contributed by atoms with van der Waals surface area (Å²) in [6.07, 6.45) is -0.314. The summed E-state index contributed by atoms with van der Waals surface area (Å²) >= 11 is 0. The number of rotatable bonds is 3. The lowest BCUT2D eigenvalue weighted by atomic mass is 9.61. The van der Waals surface area contributed by atoms with Crippen molar-refractivity contribution in [2.45, 2.75) is 30.9 Å². The quantitative estimate of drug-likeness (QED) is 0.472. The topological polar surface area (TPSA) is 60.8 Å². The second-order valence-corrected chi connectivity index (χ2v) is 9.12. The molecular weight excluding hydrogens is 386 g/mol. The van der Waals surface area contributed by atoms with Crippen LogP contribution in [0.2, 0.25) is 0 Å². The fourth-order valence-corrected chi connectivity index (χ4v) is 6.00.